The second-order valence-corrected chi connectivity index (χ2v) is 4.32. The molecule has 100 valence electrons. The van der Waals surface area contributed by atoms with E-state index in [4.69, 9.17) is 0 Å². The molecule has 1 aromatic carbocycles. The standard InChI is InChI=1S/C14H10FN3O2/c15-10-5-3-9(4-6-10)14(20)18-8-12(19)17-11-2-1-7-16-13(11)18/h1-7H,8H2,(H,17,19). The van der Waals surface area contributed by atoms with Gasteiger partial charge in [0.05, 0.1) is 5.69 Å². The number of anilines is 2. The molecule has 0 aliphatic carbocycles. The first-order chi connectivity index (χ1) is 9.65. The summed E-state index contributed by atoms with van der Waals surface area (Å²) < 4.78 is 12.9. The van der Waals surface area contributed by atoms with Gasteiger partial charge in [-0.15, -0.1) is 0 Å². The smallest absolute Gasteiger partial charge is 0.259 e. The van der Waals surface area contributed by atoms with Crippen molar-refractivity contribution < 1.29 is 14.0 Å². The average Bonchev–Trinajstić information content (AvgIpc) is 2.46. The third-order valence-corrected chi connectivity index (χ3v) is 2.95. The van der Waals surface area contributed by atoms with Gasteiger partial charge in [0, 0.05) is 11.8 Å². The molecule has 0 radical (unpaired) electrons. The maximum absolute atomic E-state index is 12.9. The molecule has 2 heterocycles. The van der Waals surface area contributed by atoms with E-state index in [0.717, 1.165) is 0 Å². The Kier molecular flexibility index (Phi) is 2.90. The van der Waals surface area contributed by atoms with Crippen LogP contribution in [0.1, 0.15) is 10.4 Å². The van der Waals surface area contributed by atoms with Crippen LogP contribution in [-0.4, -0.2) is 23.3 Å². The van der Waals surface area contributed by atoms with Crippen LogP contribution in [0.4, 0.5) is 15.9 Å². The van der Waals surface area contributed by atoms with Crippen molar-refractivity contribution in [1.29, 1.82) is 0 Å². The van der Waals surface area contributed by atoms with Crippen molar-refractivity contribution in [3.05, 3.63) is 54.0 Å². The zero-order chi connectivity index (χ0) is 14.1. The van der Waals surface area contributed by atoms with Crippen molar-refractivity contribution >= 4 is 23.3 Å². The van der Waals surface area contributed by atoms with Gasteiger partial charge in [-0.05, 0) is 36.4 Å². The van der Waals surface area contributed by atoms with E-state index < -0.39 is 5.82 Å². The minimum atomic E-state index is -0.420. The topological polar surface area (TPSA) is 62.3 Å². The molecule has 1 aliphatic rings. The average molecular weight is 271 g/mol. The molecule has 2 amide bonds. The van der Waals surface area contributed by atoms with E-state index in [0.29, 0.717) is 17.1 Å². The van der Waals surface area contributed by atoms with Gasteiger partial charge in [-0.3, -0.25) is 14.5 Å². The fourth-order valence-electron chi connectivity index (χ4n) is 2.03. The largest absolute Gasteiger partial charge is 0.321 e. The number of pyridine rings is 1. The molecule has 20 heavy (non-hydrogen) atoms. The first kappa shape index (κ1) is 12.3. The van der Waals surface area contributed by atoms with Crippen molar-refractivity contribution in [2.75, 3.05) is 16.8 Å². The SMILES string of the molecule is O=C1CN(C(=O)c2ccc(F)cc2)c2ncccc2N1. The van der Waals surface area contributed by atoms with Crippen LogP contribution in [0.3, 0.4) is 0 Å². The van der Waals surface area contributed by atoms with E-state index in [-0.39, 0.29) is 18.4 Å². The Labute approximate surface area is 114 Å². The van der Waals surface area contributed by atoms with Crippen LogP contribution in [0.25, 0.3) is 0 Å². The van der Waals surface area contributed by atoms with Gasteiger partial charge in [-0.2, -0.15) is 0 Å². The lowest BCUT2D eigenvalue weighted by atomic mass is 10.1. The highest BCUT2D eigenvalue weighted by Gasteiger charge is 2.28. The summed E-state index contributed by atoms with van der Waals surface area (Å²) in [4.78, 5) is 29.4. The second kappa shape index (κ2) is 4.73. The van der Waals surface area contributed by atoms with Gasteiger partial charge in [0.25, 0.3) is 5.91 Å². The van der Waals surface area contributed by atoms with Gasteiger partial charge >= 0.3 is 0 Å². The number of nitrogens with zero attached hydrogens (tertiary/aromatic N) is 2. The van der Waals surface area contributed by atoms with E-state index >= 15 is 0 Å². The number of hydrogen-bond donors (Lipinski definition) is 1. The van der Waals surface area contributed by atoms with Crippen molar-refractivity contribution in [3.63, 3.8) is 0 Å². The predicted molar refractivity (Wildman–Crippen MR) is 70.9 cm³/mol. The van der Waals surface area contributed by atoms with Crippen LogP contribution in [0, 0.1) is 5.82 Å². The Morgan fingerprint density at radius 1 is 1.25 bits per heavy atom. The van der Waals surface area contributed by atoms with E-state index in [1.54, 1.807) is 18.3 Å². The first-order valence-corrected chi connectivity index (χ1v) is 5.97. The van der Waals surface area contributed by atoms with Gasteiger partial charge in [0.15, 0.2) is 5.82 Å². The number of benzene rings is 1. The number of carbonyl (C=O) groups excluding carboxylic acids is 2. The summed E-state index contributed by atoms with van der Waals surface area (Å²) in [6, 6.07) is 8.52. The summed E-state index contributed by atoms with van der Waals surface area (Å²) in [5.74, 6) is -0.710. The van der Waals surface area contributed by atoms with Crippen molar-refractivity contribution in [2.24, 2.45) is 0 Å². The molecule has 3 rings (SSSR count). The van der Waals surface area contributed by atoms with Crippen LogP contribution in [0.2, 0.25) is 0 Å². The maximum atomic E-state index is 12.9. The molecule has 1 N–H and O–H groups in total. The molecule has 0 spiro atoms. The lowest BCUT2D eigenvalue weighted by Crippen LogP contribution is -2.42. The van der Waals surface area contributed by atoms with E-state index in [9.17, 15) is 14.0 Å². The molecular weight excluding hydrogens is 261 g/mol. The minimum absolute atomic E-state index is 0.111. The van der Waals surface area contributed by atoms with Gasteiger partial charge in [-0.25, -0.2) is 9.37 Å². The number of fused-ring (bicyclic) bond motifs is 1. The number of halogens is 1. The first-order valence-electron chi connectivity index (χ1n) is 5.97. The van der Waals surface area contributed by atoms with Crippen LogP contribution >= 0.6 is 0 Å². The lowest BCUT2D eigenvalue weighted by molar-refractivity contribution is -0.115. The van der Waals surface area contributed by atoms with Crippen LogP contribution in [0.5, 0.6) is 0 Å². The van der Waals surface area contributed by atoms with Crippen LogP contribution in [0.15, 0.2) is 42.6 Å². The maximum Gasteiger partial charge on any atom is 0.259 e. The lowest BCUT2D eigenvalue weighted by Gasteiger charge is -2.27. The van der Waals surface area contributed by atoms with Gasteiger partial charge in [0.2, 0.25) is 5.91 Å². The van der Waals surface area contributed by atoms with Crippen molar-refractivity contribution in [3.8, 4) is 0 Å². The number of nitrogens with one attached hydrogen (secondary N) is 1. The molecule has 5 nitrogen and oxygen atoms in total. The van der Waals surface area contributed by atoms with E-state index in [1.165, 1.54) is 29.2 Å². The second-order valence-electron chi connectivity index (χ2n) is 4.32. The Hall–Kier alpha value is -2.76. The molecule has 0 bridgehead atoms. The van der Waals surface area contributed by atoms with Gasteiger partial charge in [-0.1, -0.05) is 0 Å². The monoisotopic (exact) mass is 271 g/mol. The van der Waals surface area contributed by atoms with E-state index in [1.807, 2.05) is 0 Å². The fourth-order valence-corrected chi connectivity index (χ4v) is 2.03. The molecule has 0 unspecified atom stereocenters. The highest BCUT2D eigenvalue weighted by Crippen LogP contribution is 2.27. The summed E-state index contributed by atoms with van der Waals surface area (Å²) in [6.45, 7) is -0.111. The number of amides is 2. The van der Waals surface area contributed by atoms with E-state index in [2.05, 4.69) is 10.3 Å². The zero-order valence-corrected chi connectivity index (χ0v) is 10.3. The normalized spacial score (nSPS) is 13.7. The third-order valence-electron chi connectivity index (χ3n) is 2.95. The number of aromatic nitrogens is 1. The molecule has 1 aromatic heterocycles. The molecule has 0 atom stereocenters. The van der Waals surface area contributed by atoms with Crippen molar-refractivity contribution in [2.45, 2.75) is 0 Å². The summed E-state index contributed by atoms with van der Waals surface area (Å²) in [5, 5.41) is 2.65. The predicted octanol–water partition coefficient (Wildman–Crippen LogP) is 1.82. The number of carbonyl (C=O) groups is 2. The fraction of sp³-hybridized carbons (Fsp3) is 0.0714. The van der Waals surface area contributed by atoms with Gasteiger partial charge in [0.1, 0.15) is 12.4 Å². The van der Waals surface area contributed by atoms with Crippen molar-refractivity contribution in [1.82, 2.24) is 4.98 Å². The van der Waals surface area contributed by atoms with Crippen LogP contribution < -0.4 is 10.2 Å². The quantitative estimate of drug-likeness (QED) is 0.860. The molecule has 1 aliphatic heterocycles. The number of hydrogen-bond acceptors (Lipinski definition) is 3. The van der Waals surface area contributed by atoms with Crippen LogP contribution in [-0.2, 0) is 4.79 Å². The summed E-state index contributed by atoms with van der Waals surface area (Å²) >= 11 is 0. The number of rotatable bonds is 1. The highest BCUT2D eigenvalue weighted by atomic mass is 19.1. The molecule has 2 aromatic rings. The van der Waals surface area contributed by atoms with Gasteiger partial charge < -0.3 is 5.32 Å². The molecule has 0 saturated heterocycles. The molecule has 0 saturated carbocycles. The summed E-state index contributed by atoms with van der Waals surface area (Å²) in [6.07, 6.45) is 1.54. The molecule has 6 heteroatoms. The summed E-state index contributed by atoms with van der Waals surface area (Å²) in [5.41, 5.74) is 0.789. The molecule has 0 fully saturated rings. The Morgan fingerprint density at radius 3 is 2.75 bits per heavy atom. The Morgan fingerprint density at radius 2 is 2.00 bits per heavy atom. The highest BCUT2D eigenvalue weighted by molar-refractivity contribution is 6.14. The summed E-state index contributed by atoms with van der Waals surface area (Å²) in [7, 11) is 0. The Bertz CT molecular complexity index is 685. The zero-order valence-electron chi connectivity index (χ0n) is 10.3. The third kappa shape index (κ3) is 2.11. The molecular formula is C14H10FN3O2. The minimum Gasteiger partial charge on any atom is -0.321 e. The Balaban J connectivity index is 1.99.